The molecule has 28 heavy (non-hydrogen) atoms. The molecule has 0 aromatic heterocycles. The summed E-state index contributed by atoms with van der Waals surface area (Å²) in [6.45, 7) is 13.3. The Labute approximate surface area is 171 Å². The SMILES string of the molecule is CCNC(=NCC(c1ccc(C)cc1)N1CCCC1)N1CCC(OCC)CC1. The number of guanidine groups is 1. The molecule has 0 spiro atoms. The summed E-state index contributed by atoms with van der Waals surface area (Å²) in [6.07, 6.45) is 5.19. The fourth-order valence-electron chi connectivity index (χ4n) is 4.34. The second-order valence-electron chi connectivity index (χ2n) is 8.01. The summed E-state index contributed by atoms with van der Waals surface area (Å²) >= 11 is 0. The number of ether oxygens (including phenoxy) is 1. The highest BCUT2D eigenvalue weighted by Crippen LogP contribution is 2.26. The number of likely N-dealkylation sites (tertiary alicyclic amines) is 2. The molecular weight excluding hydrogens is 348 g/mol. The van der Waals surface area contributed by atoms with Gasteiger partial charge in [0.25, 0.3) is 0 Å². The molecule has 5 heteroatoms. The molecule has 0 amide bonds. The highest BCUT2D eigenvalue weighted by molar-refractivity contribution is 5.80. The summed E-state index contributed by atoms with van der Waals surface area (Å²) in [5.74, 6) is 1.06. The fourth-order valence-corrected chi connectivity index (χ4v) is 4.34. The molecule has 2 saturated heterocycles. The Hall–Kier alpha value is -1.59. The van der Waals surface area contributed by atoms with Crippen LogP contribution in [0.3, 0.4) is 0 Å². The summed E-state index contributed by atoms with van der Waals surface area (Å²) in [5.41, 5.74) is 2.71. The minimum atomic E-state index is 0.373. The first-order valence-corrected chi connectivity index (χ1v) is 11.2. The molecule has 0 aliphatic carbocycles. The van der Waals surface area contributed by atoms with Gasteiger partial charge in [0.1, 0.15) is 0 Å². The quantitative estimate of drug-likeness (QED) is 0.574. The maximum Gasteiger partial charge on any atom is 0.193 e. The van der Waals surface area contributed by atoms with Crippen LogP contribution in [0, 0.1) is 6.92 Å². The first-order chi connectivity index (χ1) is 13.7. The van der Waals surface area contributed by atoms with Crippen LogP contribution in [-0.2, 0) is 4.74 Å². The highest BCUT2D eigenvalue weighted by Gasteiger charge is 2.25. The molecule has 1 unspecified atom stereocenters. The van der Waals surface area contributed by atoms with Gasteiger partial charge in [-0.2, -0.15) is 0 Å². The smallest absolute Gasteiger partial charge is 0.193 e. The Morgan fingerprint density at radius 3 is 2.39 bits per heavy atom. The third-order valence-corrected chi connectivity index (χ3v) is 5.94. The number of piperidine rings is 1. The Morgan fingerprint density at radius 2 is 1.79 bits per heavy atom. The van der Waals surface area contributed by atoms with Crippen molar-refractivity contribution in [3.8, 4) is 0 Å². The van der Waals surface area contributed by atoms with Crippen molar-refractivity contribution in [1.29, 1.82) is 0 Å². The van der Waals surface area contributed by atoms with Crippen LogP contribution in [0.2, 0.25) is 0 Å². The molecule has 2 aliphatic rings. The number of aryl methyl sites for hydroxylation is 1. The van der Waals surface area contributed by atoms with E-state index < -0.39 is 0 Å². The molecule has 1 atom stereocenters. The van der Waals surface area contributed by atoms with Crippen LogP contribution >= 0.6 is 0 Å². The predicted octanol–water partition coefficient (Wildman–Crippen LogP) is 3.60. The zero-order valence-electron chi connectivity index (χ0n) is 18.0. The standard InChI is InChI=1S/C23H38N4O/c1-4-24-23(27-16-12-21(13-17-27)28-5-2)25-18-22(26-14-6-7-15-26)20-10-8-19(3)9-11-20/h8-11,21-22H,4-7,12-18H2,1-3H3,(H,24,25). The summed E-state index contributed by atoms with van der Waals surface area (Å²) in [7, 11) is 0. The molecule has 2 heterocycles. The molecule has 1 aromatic rings. The van der Waals surface area contributed by atoms with Gasteiger partial charge >= 0.3 is 0 Å². The number of benzene rings is 1. The predicted molar refractivity (Wildman–Crippen MR) is 117 cm³/mol. The first kappa shape index (κ1) is 21.1. The molecule has 0 radical (unpaired) electrons. The maximum absolute atomic E-state index is 5.81. The van der Waals surface area contributed by atoms with Crippen molar-refractivity contribution >= 4 is 5.96 Å². The number of hydrogen-bond donors (Lipinski definition) is 1. The van der Waals surface area contributed by atoms with Crippen molar-refractivity contribution in [3.63, 3.8) is 0 Å². The molecule has 0 bridgehead atoms. The zero-order chi connectivity index (χ0) is 19.8. The first-order valence-electron chi connectivity index (χ1n) is 11.2. The Morgan fingerprint density at radius 1 is 1.11 bits per heavy atom. The lowest BCUT2D eigenvalue weighted by atomic mass is 10.0. The lowest BCUT2D eigenvalue weighted by Gasteiger charge is -2.34. The van der Waals surface area contributed by atoms with E-state index in [1.807, 2.05) is 0 Å². The van der Waals surface area contributed by atoms with Gasteiger partial charge in [0.05, 0.1) is 18.7 Å². The van der Waals surface area contributed by atoms with Crippen molar-refractivity contribution < 1.29 is 4.74 Å². The monoisotopic (exact) mass is 386 g/mol. The number of hydrogen-bond acceptors (Lipinski definition) is 3. The third-order valence-electron chi connectivity index (χ3n) is 5.94. The highest BCUT2D eigenvalue weighted by atomic mass is 16.5. The average Bonchev–Trinajstić information content (AvgIpc) is 3.24. The Bertz CT molecular complexity index is 602. The van der Waals surface area contributed by atoms with E-state index in [1.165, 1.54) is 37.1 Å². The minimum Gasteiger partial charge on any atom is -0.378 e. The van der Waals surface area contributed by atoms with Gasteiger partial charge in [-0.15, -0.1) is 0 Å². The lowest BCUT2D eigenvalue weighted by molar-refractivity contribution is 0.0263. The molecule has 0 saturated carbocycles. The van der Waals surface area contributed by atoms with Gasteiger partial charge in [0.2, 0.25) is 0 Å². The van der Waals surface area contributed by atoms with E-state index >= 15 is 0 Å². The van der Waals surface area contributed by atoms with Crippen molar-refractivity contribution in [2.24, 2.45) is 4.99 Å². The van der Waals surface area contributed by atoms with Crippen molar-refractivity contribution in [2.45, 2.75) is 58.6 Å². The van der Waals surface area contributed by atoms with E-state index in [-0.39, 0.29) is 0 Å². The van der Waals surface area contributed by atoms with Gasteiger partial charge in [0.15, 0.2) is 5.96 Å². The number of nitrogens with zero attached hydrogens (tertiary/aromatic N) is 3. The number of aliphatic imine (C=N–C) groups is 1. The van der Waals surface area contributed by atoms with Gasteiger partial charge in [-0.1, -0.05) is 29.8 Å². The van der Waals surface area contributed by atoms with Crippen LogP contribution in [0.1, 0.15) is 56.7 Å². The van der Waals surface area contributed by atoms with E-state index in [0.29, 0.717) is 12.1 Å². The zero-order valence-corrected chi connectivity index (χ0v) is 18.0. The largest absolute Gasteiger partial charge is 0.378 e. The maximum atomic E-state index is 5.81. The van der Waals surface area contributed by atoms with E-state index in [4.69, 9.17) is 9.73 Å². The summed E-state index contributed by atoms with van der Waals surface area (Å²) in [6, 6.07) is 9.40. The molecule has 156 valence electrons. The van der Waals surface area contributed by atoms with Crippen molar-refractivity contribution in [3.05, 3.63) is 35.4 Å². The van der Waals surface area contributed by atoms with E-state index in [9.17, 15) is 0 Å². The van der Waals surface area contributed by atoms with Crippen LogP contribution in [-0.4, -0.2) is 67.7 Å². The summed E-state index contributed by atoms with van der Waals surface area (Å²) in [5, 5.41) is 3.52. The van der Waals surface area contributed by atoms with Crippen molar-refractivity contribution in [1.82, 2.24) is 15.1 Å². The molecule has 1 aromatic carbocycles. The van der Waals surface area contributed by atoms with Gasteiger partial charge in [-0.25, -0.2) is 0 Å². The van der Waals surface area contributed by atoms with Crippen LogP contribution in [0.5, 0.6) is 0 Å². The molecule has 5 nitrogen and oxygen atoms in total. The summed E-state index contributed by atoms with van der Waals surface area (Å²) in [4.78, 5) is 10.1. The molecule has 1 N–H and O–H groups in total. The van der Waals surface area contributed by atoms with Crippen LogP contribution in [0.25, 0.3) is 0 Å². The molecule has 2 fully saturated rings. The van der Waals surface area contributed by atoms with E-state index in [1.54, 1.807) is 0 Å². The summed E-state index contributed by atoms with van der Waals surface area (Å²) < 4.78 is 5.81. The molecular formula is C23H38N4O. The Kier molecular flexibility index (Phi) is 8.16. The van der Waals surface area contributed by atoms with Gasteiger partial charge in [-0.05, 0) is 65.1 Å². The van der Waals surface area contributed by atoms with Crippen LogP contribution in [0.15, 0.2) is 29.3 Å². The van der Waals surface area contributed by atoms with Gasteiger partial charge in [-0.3, -0.25) is 9.89 Å². The average molecular weight is 387 g/mol. The lowest BCUT2D eigenvalue weighted by Crippen LogP contribution is -2.47. The van der Waals surface area contributed by atoms with Crippen LogP contribution in [0.4, 0.5) is 0 Å². The number of nitrogens with one attached hydrogen (secondary N) is 1. The second kappa shape index (κ2) is 10.8. The van der Waals surface area contributed by atoms with Crippen LogP contribution < -0.4 is 5.32 Å². The minimum absolute atomic E-state index is 0.373. The molecule has 3 rings (SSSR count). The topological polar surface area (TPSA) is 40.1 Å². The Balaban J connectivity index is 1.70. The molecule has 2 aliphatic heterocycles. The second-order valence-corrected chi connectivity index (χ2v) is 8.01. The number of rotatable bonds is 7. The fraction of sp³-hybridized carbons (Fsp3) is 0.696. The van der Waals surface area contributed by atoms with E-state index in [0.717, 1.165) is 51.6 Å². The van der Waals surface area contributed by atoms with Crippen molar-refractivity contribution in [2.75, 3.05) is 45.9 Å². The van der Waals surface area contributed by atoms with Gasteiger partial charge in [0, 0.05) is 26.2 Å². The normalized spacial score (nSPS) is 20.5. The third kappa shape index (κ3) is 5.71. The van der Waals surface area contributed by atoms with E-state index in [2.05, 4.69) is 60.2 Å². The van der Waals surface area contributed by atoms with Gasteiger partial charge < -0.3 is 15.0 Å².